The molecule has 0 amide bonds. The summed E-state index contributed by atoms with van der Waals surface area (Å²) in [6.45, 7) is 12.6. The smallest absolute Gasteiger partial charge is 0.175 e. The molecule has 0 atom stereocenters. The Morgan fingerprint density at radius 1 is 0.508 bits per heavy atom. The third-order valence-corrected chi connectivity index (χ3v) is 15.2. The fourth-order valence-electron chi connectivity index (χ4n) is 9.07. The van der Waals surface area contributed by atoms with Gasteiger partial charge in [0, 0.05) is 87.9 Å². The van der Waals surface area contributed by atoms with Crippen molar-refractivity contribution >= 4 is 48.5 Å². The van der Waals surface area contributed by atoms with Gasteiger partial charge < -0.3 is 20.0 Å². The van der Waals surface area contributed by atoms with E-state index >= 15 is 0 Å². The largest absolute Gasteiger partial charge is 0.372 e. The number of aromatic nitrogens is 4. The minimum absolute atomic E-state index is 0.390. The molecule has 12 nitrogen and oxygen atoms in total. The van der Waals surface area contributed by atoms with Gasteiger partial charge in [-0.05, 0) is 151 Å². The molecule has 320 valence electrons. The topological polar surface area (TPSA) is 142 Å². The number of hydrogen-bond acceptors (Lipinski definition) is 12. The Morgan fingerprint density at radius 3 is 1.22 bits per heavy atom. The van der Waals surface area contributed by atoms with E-state index in [2.05, 4.69) is 40.0 Å². The van der Waals surface area contributed by atoms with Crippen molar-refractivity contribution in [2.45, 2.75) is 75.0 Å². The molecule has 0 aliphatic carbocycles. The van der Waals surface area contributed by atoms with E-state index < -0.39 is 19.7 Å². The number of aryl methyl sites for hydroxylation is 2. The molecule has 4 aliphatic heterocycles. The number of nitrogens with one attached hydrogen (secondary N) is 1. The molecule has 4 aliphatic rings. The van der Waals surface area contributed by atoms with Gasteiger partial charge in [0.1, 0.15) is 11.0 Å². The maximum absolute atomic E-state index is 11.6. The van der Waals surface area contributed by atoms with Crippen molar-refractivity contribution in [3.05, 3.63) is 89.9 Å². The van der Waals surface area contributed by atoms with Gasteiger partial charge in [-0.3, -0.25) is 9.97 Å². The van der Waals surface area contributed by atoms with Gasteiger partial charge in [-0.2, -0.15) is 0 Å². The highest BCUT2D eigenvalue weighted by Gasteiger charge is 2.31. The van der Waals surface area contributed by atoms with Crippen LogP contribution in [-0.4, -0.2) is 102 Å². The van der Waals surface area contributed by atoms with E-state index in [1.54, 1.807) is 49.1 Å². The summed E-state index contributed by atoms with van der Waals surface area (Å²) in [5.74, 6) is 4.38. The lowest BCUT2D eigenvalue weighted by Gasteiger charge is -2.41. The number of sulfone groups is 2. The molecule has 59 heavy (non-hydrogen) atoms. The molecule has 2 aromatic carbocycles. The Kier molecular flexibility index (Phi) is 15.6. The highest BCUT2D eigenvalue weighted by Crippen LogP contribution is 2.36. The highest BCUT2D eigenvalue weighted by molar-refractivity contribution is 7.91. The standard InChI is InChI=1S/C22H30N4O2S.C17H26N2O2S.C5H5ClN2/c1-17-22(24-12-11-23-17)26-15-9-19(10-16-26)18-7-13-25(14-8-18)20-3-5-21(6-4-20)29(2,27)28;1-22(20,21)17-4-2-16(3-5-17)19-12-8-15(9-13-19)14-6-10-18-11-7-14;1-4-5(6)8-3-2-7-4/h3-6,11-12,18-19H,7-10,13-16H2,1-2H3;2-5,14-15,18H,6-13H2,1H3;2-3H,1H3. The molecule has 0 radical (unpaired) electrons. The first-order chi connectivity index (χ1) is 28.3. The van der Waals surface area contributed by atoms with E-state index in [1.807, 2.05) is 38.1 Å². The molecule has 8 rings (SSSR count). The second kappa shape index (κ2) is 20.6. The quantitative estimate of drug-likeness (QED) is 0.203. The second-order valence-corrected chi connectivity index (χ2v) is 20.9. The van der Waals surface area contributed by atoms with Gasteiger partial charge in [0.15, 0.2) is 19.7 Å². The Hall–Kier alpha value is -3.85. The zero-order chi connectivity index (χ0) is 42.0. The van der Waals surface area contributed by atoms with Crippen LogP contribution in [0.1, 0.15) is 62.8 Å². The average Bonchev–Trinajstić information content (AvgIpc) is 3.25. The molecule has 2 aromatic heterocycles. The van der Waals surface area contributed by atoms with E-state index in [0.717, 1.165) is 91.5 Å². The number of nitrogens with zero attached hydrogens (tertiary/aromatic N) is 7. The van der Waals surface area contributed by atoms with Crippen molar-refractivity contribution in [3.63, 3.8) is 0 Å². The number of benzene rings is 2. The number of rotatable bonds is 7. The lowest BCUT2D eigenvalue weighted by Crippen LogP contribution is -2.41. The van der Waals surface area contributed by atoms with Gasteiger partial charge in [-0.1, -0.05) is 11.6 Å². The van der Waals surface area contributed by atoms with Crippen LogP contribution in [0.2, 0.25) is 5.15 Å². The third-order valence-electron chi connectivity index (χ3n) is 12.6. The summed E-state index contributed by atoms with van der Waals surface area (Å²) >= 11 is 5.54. The summed E-state index contributed by atoms with van der Waals surface area (Å²) in [7, 11) is -6.23. The molecular formula is C44H61ClN8O4S2. The minimum Gasteiger partial charge on any atom is -0.372 e. The Labute approximate surface area is 357 Å². The SMILES string of the molecule is CS(=O)(=O)c1ccc(N2CCC(C3CCNCC3)CC2)cc1.Cc1nccnc1Cl.Cc1nccnc1N1CCC(C2CCN(c3ccc(S(C)(=O)=O)cc3)CC2)CC1. The summed E-state index contributed by atoms with van der Waals surface area (Å²) in [5.41, 5.74) is 4.07. The molecule has 0 unspecified atom stereocenters. The molecule has 4 fully saturated rings. The molecule has 1 N–H and O–H groups in total. The van der Waals surface area contributed by atoms with Gasteiger partial charge in [-0.15, -0.1) is 0 Å². The van der Waals surface area contributed by atoms with Crippen LogP contribution in [0.25, 0.3) is 0 Å². The number of anilines is 3. The van der Waals surface area contributed by atoms with E-state index in [9.17, 15) is 16.8 Å². The average molecular weight is 866 g/mol. The lowest BCUT2D eigenvalue weighted by atomic mass is 9.78. The first kappa shape index (κ1) is 44.7. The van der Waals surface area contributed by atoms with Crippen LogP contribution in [0, 0.1) is 37.5 Å². The Morgan fingerprint density at radius 2 is 0.864 bits per heavy atom. The highest BCUT2D eigenvalue weighted by atomic mass is 35.5. The molecule has 0 bridgehead atoms. The minimum atomic E-state index is -3.13. The van der Waals surface area contributed by atoms with Crippen LogP contribution < -0.4 is 20.0 Å². The Balaban J connectivity index is 0.000000171. The molecule has 6 heterocycles. The summed E-state index contributed by atoms with van der Waals surface area (Å²) < 4.78 is 46.3. The predicted molar refractivity (Wildman–Crippen MR) is 238 cm³/mol. The maximum Gasteiger partial charge on any atom is 0.175 e. The van der Waals surface area contributed by atoms with Gasteiger partial charge in [0.2, 0.25) is 0 Å². The number of piperidine rings is 4. The second-order valence-electron chi connectivity index (χ2n) is 16.5. The first-order valence-electron chi connectivity index (χ1n) is 21.0. The van der Waals surface area contributed by atoms with Crippen LogP contribution in [-0.2, 0) is 19.7 Å². The predicted octanol–water partition coefficient (Wildman–Crippen LogP) is 7.07. The van der Waals surface area contributed by atoms with Gasteiger partial charge in [0.25, 0.3) is 0 Å². The normalized spacial score (nSPS) is 19.0. The van der Waals surface area contributed by atoms with Crippen LogP contribution in [0.5, 0.6) is 0 Å². The molecule has 4 aromatic rings. The van der Waals surface area contributed by atoms with E-state index in [0.29, 0.717) is 14.9 Å². The molecule has 0 spiro atoms. The fraction of sp³-hybridized carbons (Fsp3) is 0.545. The van der Waals surface area contributed by atoms with Crippen molar-refractivity contribution in [1.82, 2.24) is 25.3 Å². The van der Waals surface area contributed by atoms with Crippen molar-refractivity contribution in [2.24, 2.45) is 23.7 Å². The maximum atomic E-state index is 11.6. The Bertz CT molecular complexity index is 2130. The molecule has 0 saturated carbocycles. The van der Waals surface area contributed by atoms with Crippen molar-refractivity contribution in [3.8, 4) is 0 Å². The zero-order valence-electron chi connectivity index (χ0n) is 35.0. The van der Waals surface area contributed by atoms with Crippen LogP contribution in [0.3, 0.4) is 0 Å². The van der Waals surface area contributed by atoms with E-state index in [-0.39, 0.29) is 0 Å². The summed E-state index contributed by atoms with van der Waals surface area (Å²) in [4.78, 5) is 24.5. The van der Waals surface area contributed by atoms with Crippen molar-refractivity contribution in [2.75, 3.05) is 79.6 Å². The summed E-state index contributed by atoms with van der Waals surface area (Å²) in [6, 6.07) is 14.7. The third kappa shape index (κ3) is 12.6. The van der Waals surface area contributed by atoms with Gasteiger partial charge in [-0.25, -0.2) is 26.8 Å². The van der Waals surface area contributed by atoms with Crippen LogP contribution >= 0.6 is 11.6 Å². The molecular weight excluding hydrogens is 804 g/mol. The van der Waals surface area contributed by atoms with Crippen molar-refractivity contribution in [1.29, 1.82) is 0 Å². The number of halogens is 1. The summed E-state index contributed by atoms with van der Waals surface area (Å²) in [5, 5.41) is 3.93. The fourth-order valence-corrected chi connectivity index (χ4v) is 10.4. The van der Waals surface area contributed by atoms with Crippen LogP contribution in [0.4, 0.5) is 17.2 Å². The first-order valence-corrected chi connectivity index (χ1v) is 25.2. The molecule has 4 saturated heterocycles. The van der Waals surface area contributed by atoms with E-state index in [1.165, 1.54) is 77.0 Å². The summed E-state index contributed by atoms with van der Waals surface area (Å²) in [6.07, 6.45) is 19.3. The monoisotopic (exact) mass is 864 g/mol. The lowest BCUT2D eigenvalue weighted by molar-refractivity contribution is 0.222. The van der Waals surface area contributed by atoms with Crippen molar-refractivity contribution < 1.29 is 16.8 Å². The van der Waals surface area contributed by atoms with Crippen LogP contribution in [0.15, 0.2) is 83.1 Å². The zero-order valence-corrected chi connectivity index (χ0v) is 37.4. The van der Waals surface area contributed by atoms with E-state index in [4.69, 9.17) is 11.6 Å². The molecule has 15 heteroatoms. The number of hydrogen-bond donors (Lipinski definition) is 1. The van der Waals surface area contributed by atoms with Gasteiger partial charge >= 0.3 is 0 Å². The van der Waals surface area contributed by atoms with Gasteiger partial charge in [0.05, 0.1) is 21.2 Å².